The molecule has 0 radical (unpaired) electrons. The monoisotopic (exact) mass is 310 g/mol. The van der Waals surface area contributed by atoms with Crippen LogP contribution in [-0.2, 0) is 16.1 Å². The van der Waals surface area contributed by atoms with Crippen molar-refractivity contribution in [3.63, 3.8) is 0 Å². The Morgan fingerprint density at radius 1 is 1.14 bits per heavy atom. The van der Waals surface area contributed by atoms with E-state index in [0.29, 0.717) is 24.7 Å². The van der Waals surface area contributed by atoms with E-state index in [9.17, 15) is 9.59 Å². The molecule has 0 spiro atoms. The average molecular weight is 311 g/mol. The molecule has 0 unspecified atom stereocenters. The summed E-state index contributed by atoms with van der Waals surface area (Å²) < 4.78 is 0. The van der Waals surface area contributed by atoms with Gasteiger partial charge in [0.15, 0.2) is 0 Å². The van der Waals surface area contributed by atoms with E-state index in [-0.39, 0.29) is 11.8 Å². The average Bonchev–Trinajstić information content (AvgIpc) is 2.47. The predicted molar refractivity (Wildman–Crippen MR) is 85.0 cm³/mol. The zero-order valence-corrected chi connectivity index (χ0v) is 13.8. The summed E-state index contributed by atoms with van der Waals surface area (Å²) in [5.41, 5.74) is -0.128. The molecule has 0 aromatic heterocycles. The highest BCUT2D eigenvalue weighted by Crippen LogP contribution is 2.19. The molecule has 2 amide bonds. The van der Waals surface area contributed by atoms with Crippen LogP contribution in [0.15, 0.2) is 24.3 Å². The van der Waals surface area contributed by atoms with E-state index in [2.05, 4.69) is 5.32 Å². The van der Waals surface area contributed by atoms with E-state index in [1.165, 1.54) is 0 Å². The van der Waals surface area contributed by atoms with Crippen LogP contribution in [0.3, 0.4) is 0 Å². The molecule has 5 heteroatoms. The number of rotatable bonds is 6. The van der Waals surface area contributed by atoms with Crippen LogP contribution in [0, 0.1) is 5.41 Å². The number of hydrogen-bond donors (Lipinski definition) is 1. The first-order chi connectivity index (χ1) is 9.82. The second kappa shape index (κ2) is 7.46. The van der Waals surface area contributed by atoms with Gasteiger partial charge < -0.3 is 10.2 Å². The summed E-state index contributed by atoms with van der Waals surface area (Å²) in [6, 6.07) is 7.24. The molecule has 0 aliphatic heterocycles. The third-order valence-corrected chi connectivity index (χ3v) is 3.77. The molecule has 0 heterocycles. The Labute approximate surface area is 131 Å². The summed E-state index contributed by atoms with van der Waals surface area (Å²) in [7, 11) is 0. The normalized spacial score (nSPS) is 11.1. The van der Waals surface area contributed by atoms with Crippen LogP contribution in [-0.4, -0.2) is 29.8 Å². The lowest BCUT2D eigenvalue weighted by Crippen LogP contribution is -2.49. The highest BCUT2D eigenvalue weighted by molar-refractivity contribution is 6.30. The molecule has 1 aromatic carbocycles. The fourth-order valence-electron chi connectivity index (χ4n) is 2.01. The quantitative estimate of drug-likeness (QED) is 0.821. The van der Waals surface area contributed by atoms with Crippen LogP contribution in [0.2, 0.25) is 5.02 Å². The van der Waals surface area contributed by atoms with Crippen molar-refractivity contribution in [1.29, 1.82) is 0 Å². The maximum Gasteiger partial charge on any atom is 0.237 e. The van der Waals surface area contributed by atoms with Gasteiger partial charge in [0.2, 0.25) is 11.8 Å². The van der Waals surface area contributed by atoms with Gasteiger partial charge in [-0.1, -0.05) is 23.7 Å². The van der Waals surface area contributed by atoms with Crippen molar-refractivity contribution in [2.45, 2.75) is 34.2 Å². The largest absolute Gasteiger partial charge is 0.351 e. The topological polar surface area (TPSA) is 49.4 Å². The van der Waals surface area contributed by atoms with Gasteiger partial charge in [0, 0.05) is 24.7 Å². The fourth-order valence-corrected chi connectivity index (χ4v) is 2.13. The van der Waals surface area contributed by atoms with Crippen molar-refractivity contribution < 1.29 is 9.59 Å². The van der Waals surface area contributed by atoms with Crippen LogP contribution in [0.25, 0.3) is 0 Å². The number of nitrogens with one attached hydrogen (secondary N) is 1. The van der Waals surface area contributed by atoms with Crippen molar-refractivity contribution in [3.8, 4) is 0 Å². The Bertz CT molecular complexity index is 494. The van der Waals surface area contributed by atoms with E-state index in [4.69, 9.17) is 11.6 Å². The number of amides is 2. The standard InChI is InChI=1S/C16H23ClN2O2/c1-5-19(6-2)15(21)16(3,4)14(20)18-11-12-7-9-13(17)10-8-12/h7-10H,5-6,11H2,1-4H3,(H,18,20). The third kappa shape index (κ3) is 4.46. The van der Waals surface area contributed by atoms with Crippen LogP contribution in [0.1, 0.15) is 33.3 Å². The Morgan fingerprint density at radius 3 is 2.14 bits per heavy atom. The van der Waals surface area contributed by atoms with E-state index >= 15 is 0 Å². The zero-order chi connectivity index (χ0) is 16.0. The predicted octanol–water partition coefficient (Wildman–Crippen LogP) is 2.85. The number of halogens is 1. The molecule has 1 aromatic rings. The van der Waals surface area contributed by atoms with E-state index in [1.54, 1.807) is 30.9 Å². The van der Waals surface area contributed by atoms with Crippen molar-refractivity contribution in [1.82, 2.24) is 10.2 Å². The lowest BCUT2D eigenvalue weighted by atomic mass is 9.90. The Hall–Kier alpha value is -1.55. The minimum absolute atomic E-state index is 0.152. The molecule has 0 aliphatic carbocycles. The highest BCUT2D eigenvalue weighted by Gasteiger charge is 2.38. The van der Waals surface area contributed by atoms with Gasteiger partial charge in [0.1, 0.15) is 5.41 Å². The summed E-state index contributed by atoms with van der Waals surface area (Å²) in [6.45, 7) is 8.71. The van der Waals surface area contributed by atoms with Gasteiger partial charge in [-0.3, -0.25) is 9.59 Å². The lowest BCUT2D eigenvalue weighted by molar-refractivity contribution is -0.148. The maximum absolute atomic E-state index is 12.4. The molecule has 116 valence electrons. The van der Waals surface area contributed by atoms with E-state index in [1.807, 2.05) is 26.0 Å². The van der Waals surface area contributed by atoms with Gasteiger partial charge in [-0.15, -0.1) is 0 Å². The third-order valence-electron chi connectivity index (χ3n) is 3.52. The Morgan fingerprint density at radius 2 is 1.67 bits per heavy atom. The smallest absolute Gasteiger partial charge is 0.237 e. The zero-order valence-electron chi connectivity index (χ0n) is 13.1. The fraction of sp³-hybridized carbons (Fsp3) is 0.500. The van der Waals surface area contributed by atoms with Gasteiger partial charge in [0.25, 0.3) is 0 Å². The molecular formula is C16H23ClN2O2. The minimum Gasteiger partial charge on any atom is -0.351 e. The first kappa shape index (κ1) is 17.5. The highest BCUT2D eigenvalue weighted by atomic mass is 35.5. The number of benzene rings is 1. The number of carbonyl (C=O) groups excluding carboxylic acids is 2. The first-order valence-corrected chi connectivity index (χ1v) is 7.52. The second-order valence-corrected chi connectivity index (χ2v) is 5.85. The number of nitrogens with zero attached hydrogens (tertiary/aromatic N) is 1. The Kier molecular flexibility index (Phi) is 6.21. The molecule has 0 aliphatic rings. The van der Waals surface area contributed by atoms with Crippen molar-refractivity contribution in [2.24, 2.45) is 5.41 Å². The van der Waals surface area contributed by atoms with Crippen LogP contribution in [0.4, 0.5) is 0 Å². The summed E-state index contributed by atoms with van der Waals surface area (Å²) in [4.78, 5) is 26.3. The molecule has 0 saturated heterocycles. The van der Waals surface area contributed by atoms with E-state index in [0.717, 1.165) is 5.56 Å². The molecule has 4 nitrogen and oxygen atoms in total. The van der Waals surface area contributed by atoms with Crippen molar-refractivity contribution >= 4 is 23.4 Å². The van der Waals surface area contributed by atoms with Gasteiger partial charge >= 0.3 is 0 Å². The van der Waals surface area contributed by atoms with Crippen molar-refractivity contribution in [3.05, 3.63) is 34.9 Å². The first-order valence-electron chi connectivity index (χ1n) is 7.15. The van der Waals surface area contributed by atoms with Gasteiger partial charge in [-0.2, -0.15) is 0 Å². The molecule has 0 saturated carbocycles. The molecule has 0 fully saturated rings. The molecule has 0 bridgehead atoms. The molecular weight excluding hydrogens is 288 g/mol. The molecule has 1 rings (SSSR count). The van der Waals surface area contributed by atoms with Gasteiger partial charge in [-0.25, -0.2) is 0 Å². The van der Waals surface area contributed by atoms with Crippen molar-refractivity contribution in [2.75, 3.05) is 13.1 Å². The van der Waals surface area contributed by atoms with E-state index < -0.39 is 5.41 Å². The van der Waals surface area contributed by atoms with Gasteiger partial charge in [-0.05, 0) is 45.4 Å². The lowest BCUT2D eigenvalue weighted by Gasteiger charge is -2.29. The molecule has 1 N–H and O–H groups in total. The summed E-state index contributed by atoms with van der Waals surface area (Å²) in [6.07, 6.45) is 0. The second-order valence-electron chi connectivity index (χ2n) is 5.41. The summed E-state index contributed by atoms with van der Waals surface area (Å²) >= 11 is 5.82. The van der Waals surface area contributed by atoms with Crippen LogP contribution in [0.5, 0.6) is 0 Å². The number of hydrogen-bond acceptors (Lipinski definition) is 2. The minimum atomic E-state index is -1.07. The van der Waals surface area contributed by atoms with Gasteiger partial charge in [0.05, 0.1) is 0 Å². The maximum atomic E-state index is 12.4. The van der Waals surface area contributed by atoms with Crippen LogP contribution < -0.4 is 5.32 Å². The Balaban J connectivity index is 2.68. The SMILES string of the molecule is CCN(CC)C(=O)C(C)(C)C(=O)NCc1ccc(Cl)cc1. The number of carbonyl (C=O) groups is 2. The summed E-state index contributed by atoms with van der Waals surface area (Å²) in [5.74, 6) is -0.421. The van der Waals surface area contributed by atoms with Crippen LogP contribution >= 0.6 is 11.6 Å². The molecule has 21 heavy (non-hydrogen) atoms. The summed E-state index contributed by atoms with van der Waals surface area (Å²) in [5, 5.41) is 3.47. The molecule has 0 atom stereocenters.